The van der Waals surface area contributed by atoms with E-state index in [4.69, 9.17) is 28.2 Å². The van der Waals surface area contributed by atoms with E-state index in [2.05, 4.69) is 9.97 Å². The highest BCUT2D eigenvalue weighted by atomic mass is 35.5. The molecule has 1 unspecified atom stereocenters. The number of pyridine rings is 1. The third-order valence-corrected chi connectivity index (χ3v) is 6.81. The van der Waals surface area contributed by atoms with Crippen molar-refractivity contribution in [3.8, 4) is 11.3 Å². The molecule has 6 rings (SSSR count). The third-order valence-electron chi connectivity index (χ3n) is 6.19. The Balaban J connectivity index is 1.56. The van der Waals surface area contributed by atoms with Crippen molar-refractivity contribution in [2.24, 2.45) is 0 Å². The van der Waals surface area contributed by atoms with Crippen LogP contribution in [0.5, 0.6) is 0 Å². The minimum atomic E-state index is -1.00. The highest BCUT2D eigenvalue weighted by Gasteiger charge is 2.43. The van der Waals surface area contributed by atoms with Crippen LogP contribution in [0.25, 0.3) is 22.2 Å². The molecule has 36 heavy (non-hydrogen) atoms. The maximum Gasteiger partial charge on any atom is 0.262 e. The Morgan fingerprint density at radius 3 is 2.11 bits per heavy atom. The molecule has 8 heteroatoms. The number of halogens is 2. The Kier molecular flexibility index (Phi) is 5.48. The van der Waals surface area contributed by atoms with Crippen LogP contribution < -0.4 is 0 Å². The van der Waals surface area contributed by atoms with Crippen molar-refractivity contribution in [3.63, 3.8) is 0 Å². The fourth-order valence-corrected chi connectivity index (χ4v) is 4.99. The first-order valence-corrected chi connectivity index (χ1v) is 11.9. The summed E-state index contributed by atoms with van der Waals surface area (Å²) in [6, 6.07) is 22.9. The fraction of sp³-hybridized carbons (Fsp3) is 0.0357. The number of aromatic nitrogens is 3. The van der Waals surface area contributed by atoms with E-state index in [0.717, 1.165) is 21.5 Å². The number of rotatable bonds is 4. The number of nitrogens with zero attached hydrogens (tertiary/aromatic N) is 4. The van der Waals surface area contributed by atoms with Crippen molar-refractivity contribution < 1.29 is 9.59 Å². The van der Waals surface area contributed by atoms with Crippen molar-refractivity contribution in [2.75, 3.05) is 0 Å². The van der Waals surface area contributed by atoms with Crippen LogP contribution in [0.3, 0.4) is 0 Å². The maximum atomic E-state index is 13.5. The third kappa shape index (κ3) is 3.63. The van der Waals surface area contributed by atoms with Gasteiger partial charge >= 0.3 is 0 Å². The summed E-state index contributed by atoms with van der Waals surface area (Å²) in [7, 11) is 0. The topological polar surface area (TPSA) is 76.1 Å². The van der Waals surface area contributed by atoms with Crippen LogP contribution in [0.4, 0.5) is 0 Å². The van der Waals surface area contributed by atoms with Gasteiger partial charge in [0.15, 0.2) is 5.15 Å². The molecule has 5 aromatic rings. The Hall–Kier alpha value is -4.13. The van der Waals surface area contributed by atoms with E-state index < -0.39 is 17.9 Å². The van der Waals surface area contributed by atoms with Crippen LogP contribution in [-0.2, 0) is 0 Å². The maximum absolute atomic E-state index is 13.5. The molecule has 0 radical (unpaired) electrons. The second kappa shape index (κ2) is 8.82. The molecular weight excluding hydrogens is 495 g/mol. The number of imide groups is 1. The standard InChI is InChI=1S/C28H16Cl2N4O2/c29-21-14-17-10-11-22(16-6-2-1-3-7-16)33-23(17)15-20(21)25(24-26(30)32-13-12-31-24)34-27(35)18-8-4-5-9-19(18)28(34)36/h1-15,25H. The zero-order valence-corrected chi connectivity index (χ0v) is 20.1. The first kappa shape index (κ1) is 22.3. The lowest BCUT2D eigenvalue weighted by atomic mass is 9.99. The van der Waals surface area contributed by atoms with Gasteiger partial charge in [-0.05, 0) is 30.3 Å². The zero-order chi connectivity index (χ0) is 24.8. The van der Waals surface area contributed by atoms with E-state index in [9.17, 15) is 9.59 Å². The lowest BCUT2D eigenvalue weighted by molar-refractivity contribution is 0.0606. The van der Waals surface area contributed by atoms with Gasteiger partial charge in [-0.2, -0.15) is 0 Å². The predicted octanol–water partition coefficient (Wildman–Crippen LogP) is 6.38. The lowest BCUT2D eigenvalue weighted by Gasteiger charge is -2.27. The molecule has 0 spiro atoms. The minimum absolute atomic E-state index is 0.0706. The number of carbonyl (C=O) groups is 2. The largest absolute Gasteiger partial charge is 0.269 e. The van der Waals surface area contributed by atoms with Crippen molar-refractivity contribution in [3.05, 3.63) is 124 Å². The van der Waals surface area contributed by atoms with Gasteiger partial charge in [0.2, 0.25) is 0 Å². The van der Waals surface area contributed by atoms with Gasteiger partial charge in [0, 0.05) is 33.9 Å². The lowest BCUT2D eigenvalue weighted by Crippen LogP contribution is -2.35. The average Bonchev–Trinajstić information content (AvgIpc) is 3.16. The van der Waals surface area contributed by atoms with E-state index in [1.54, 1.807) is 36.4 Å². The summed E-state index contributed by atoms with van der Waals surface area (Å²) in [5, 5.41) is 1.23. The molecule has 0 aliphatic carbocycles. The molecule has 1 aliphatic rings. The van der Waals surface area contributed by atoms with Crippen LogP contribution in [0.2, 0.25) is 10.2 Å². The number of amides is 2. The van der Waals surface area contributed by atoms with Gasteiger partial charge in [-0.15, -0.1) is 0 Å². The average molecular weight is 511 g/mol. The van der Waals surface area contributed by atoms with Crippen LogP contribution in [0.15, 0.2) is 91.3 Å². The Bertz CT molecular complexity index is 1640. The molecule has 0 saturated carbocycles. The number of carbonyl (C=O) groups excluding carboxylic acids is 2. The first-order valence-electron chi connectivity index (χ1n) is 11.1. The van der Waals surface area contributed by atoms with Gasteiger partial charge in [-0.1, -0.05) is 71.7 Å². The van der Waals surface area contributed by atoms with Crippen LogP contribution >= 0.6 is 23.2 Å². The number of benzene rings is 3. The van der Waals surface area contributed by atoms with Gasteiger partial charge in [-0.3, -0.25) is 19.5 Å². The number of hydrogen-bond acceptors (Lipinski definition) is 5. The number of fused-ring (bicyclic) bond motifs is 2. The minimum Gasteiger partial charge on any atom is -0.269 e. The summed E-state index contributed by atoms with van der Waals surface area (Å²) in [6.45, 7) is 0. The molecule has 2 aromatic heterocycles. The van der Waals surface area contributed by atoms with Crippen LogP contribution in [-0.4, -0.2) is 31.7 Å². The quantitative estimate of drug-likeness (QED) is 0.262. The van der Waals surface area contributed by atoms with Crippen LogP contribution in [0.1, 0.15) is 38.0 Å². The van der Waals surface area contributed by atoms with E-state index in [0.29, 0.717) is 27.2 Å². The van der Waals surface area contributed by atoms with Gasteiger partial charge in [0.1, 0.15) is 11.7 Å². The second-order valence-electron chi connectivity index (χ2n) is 8.29. The highest BCUT2D eigenvalue weighted by molar-refractivity contribution is 6.33. The molecular formula is C28H16Cl2N4O2. The summed E-state index contributed by atoms with van der Waals surface area (Å²) >= 11 is 13.2. The van der Waals surface area contributed by atoms with Gasteiger partial charge < -0.3 is 0 Å². The number of hydrogen-bond donors (Lipinski definition) is 0. The summed E-state index contributed by atoms with van der Waals surface area (Å²) in [4.78, 5) is 41.5. The van der Waals surface area contributed by atoms with E-state index in [-0.39, 0.29) is 10.8 Å². The Morgan fingerprint density at radius 1 is 0.750 bits per heavy atom. The van der Waals surface area contributed by atoms with Gasteiger partial charge in [0.05, 0.1) is 22.3 Å². The fourth-order valence-electron chi connectivity index (χ4n) is 4.50. The molecule has 2 amide bonds. The second-order valence-corrected chi connectivity index (χ2v) is 9.05. The Morgan fingerprint density at radius 2 is 1.42 bits per heavy atom. The molecule has 0 bridgehead atoms. The molecule has 174 valence electrons. The summed E-state index contributed by atoms with van der Waals surface area (Å²) in [5.41, 5.74) is 3.74. The normalized spacial score (nSPS) is 13.8. The van der Waals surface area contributed by atoms with Crippen LogP contribution in [0, 0.1) is 0 Å². The SMILES string of the molecule is O=C1c2ccccc2C(=O)N1C(c1cc2nc(-c3ccccc3)ccc2cc1Cl)c1nccnc1Cl. The predicted molar refractivity (Wildman–Crippen MR) is 138 cm³/mol. The molecule has 3 aromatic carbocycles. The molecule has 0 fully saturated rings. The summed E-state index contributed by atoms with van der Waals surface area (Å²) in [5.74, 6) is -0.908. The summed E-state index contributed by atoms with van der Waals surface area (Å²) in [6.07, 6.45) is 2.91. The highest BCUT2D eigenvalue weighted by Crippen LogP contribution is 2.41. The Labute approximate surface area is 216 Å². The van der Waals surface area contributed by atoms with Crippen molar-refractivity contribution >= 4 is 45.9 Å². The van der Waals surface area contributed by atoms with E-state index in [1.807, 2.05) is 42.5 Å². The smallest absolute Gasteiger partial charge is 0.262 e. The van der Waals surface area contributed by atoms with Crippen molar-refractivity contribution in [1.29, 1.82) is 0 Å². The van der Waals surface area contributed by atoms with E-state index in [1.165, 1.54) is 12.4 Å². The first-order chi connectivity index (χ1) is 17.5. The van der Waals surface area contributed by atoms with Gasteiger partial charge in [0.25, 0.3) is 11.8 Å². The van der Waals surface area contributed by atoms with Crippen molar-refractivity contribution in [1.82, 2.24) is 19.9 Å². The molecule has 3 heterocycles. The molecule has 1 aliphatic heterocycles. The molecule has 0 N–H and O–H groups in total. The molecule has 6 nitrogen and oxygen atoms in total. The van der Waals surface area contributed by atoms with Crippen molar-refractivity contribution in [2.45, 2.75) is 6.04 Å². The monoisotopic (exact) mass is 510 g/mol. The van der Waals surface area contributed by atoms with Gasteiger partial charge in [-0.25, -0.2) is 9.97 Å². The summed E-state index contributed by atoms with van der Waals surface area (Å²) < 4.78 is 0. The zero-order valence-electron chi connectivity index (χ0n) is 18.6. The molecule has 0 saturated heterocycles. The molecule has 1 atom stereocenters. The van der Waals surface area contributed by atoms with E-state index >= 15 is 0 Å².